The summed E-state index contributed by atoms with van der Waals surface area (Å²) in [6.45, 7) is 4.51. The molecule has 0 radical (unpaired) electrons. The summed E-state index contributed by atoms with van der Waals surface area (Å²) in [6, 6.07) is 14.8. The lowest BCUT2D eigenvalue weighted by molar-refractivity contribution is -0.116. The van der Waals surface area contributed by atoms with Crippen molar-refractivity contribution >= 4 is 34.4 Å². The lowest BCUT2D eigenvalue weighted by Gasteiger charge is -2.14. The molecule has 1 aliphatic rings. The van der Waals surface area contributed by atoms with Crippen LogP contribution in [-0.4, -0.2) is 37.6 Å². The third-order valence-corrected chi connectivity index (χ3v) is 6.68. The van der Waals surface area contributed by atoms with E-state index in [1.807, 2.05) is 50.2 Å². The van der Waals surface area contributed by atoms with Crippen molar-refractivity contribution in [3.05, 3.63) is 70.6 Å². The van der Waals surface area contributed by atoms with E-state index in [1.165, 1.54) is 11.8 Å². The van der Waals surface area contributed by atoms with E-state index in [4.69, 9.17) is 9.72 Å². The molecular formula is C24H23N5O3S. The summed E-state index contributed by atoms with van der Waals surface area (Å²) >= 11 is 1.49. The second-order valence-electron chi connectivity index (χ2n) is 7.82. The van der Waals surface area contributed by atoms with Gasteiger partial charge in [-0.3, -0.25) is 14.2 Å². The highest BCUT2D eigenvalue weighted by molar-refractivity contribution is 7.99. The number of thioether (sulfide) groups is 1. The van der Waals surface area contributed by atoms with Gasteiger partial charge in [0.2, 0.25) is 5.91 Å². The average Bonchev–Trinajstić information content (AvgIpc) is 3.41. The van der Waals surface area contributed by atoms with Gasteiger partial charge in [0.25, 0.3) is 5.56 Å². The van der Waals surface area contributed by atoms with E-state index >= 15 is 0 Å². The van der Waals surface area contributed by atoms with Crippen LogP contribution in [0.4, 0.5) is 5.69 Å². The Kier molecular flexibility index (Phi) is 5.63. The molecule has 0 bridgehead atoms. The molecule has 33 heavy (non-hydrogen) atoms. The van der Waals surface area contributed by atoms with Crippen molar-refractivity contribution in [1.82, 2.24) is 19.3 Å². The Morgan fingerprint density at radius 3 is 2.76 bits per heavy atom. The number of anilines is 1. The number of hydrogen-bond donors (Lipinski definition) is 1. The highest BCUT2D eigenvalue weighted by atomic mass is 32.2. The Bertz CT molecular complexity index is 1390. The molecule has 2 aromatic heterocycles. The summed E-state index contributed by atoms with van der Waals surface area (Å²) < 4.78 is 8.77. The molecule has 0 saturated heterocycles. The second-order valence-corrected chi connectivity index (χ2v) is 8.81. The van der Waals surface area contributed by atoms with Gasteiger partial charge in [0.15, 0.2) is 10.8 Å². The van der Waals surface area contributed by atoms with Crippen LogP contribution in [0.15, 0.2) is 64.7 Å². The van der Waals surface area contributed by atoms with E-state index < -0.39 is 0 Å². The van der Waals surface area contributed by atoms with Crippen molar-refractivity contribution in [2.45, 2.75) is 31.5 Å². The summed E-state index contributed by atoms with van der Waals surface area (Å²) in [6.07, 6.45) is 1.75. The number of nitrogens with one attached hydrogen (secondary N) is 1. The first-order valence-corrected chi connectivity index (χ1v) is 11.8. The fraction of sp³-hybridized carbons (Fsp3) is 0.250. The van der Waals surface area contributed by atoms with Crippen LogP contribution in [0.5, 0.6) is 5.75 Å². The topological polar surface area (TPSA) is 91.0 Å². The van der Waals surface area contributed by atoms with Gasteiger partial charge in [-0.2, -0.15) is 5.10 Å². The Hall–Kier alpha value is -3.59. The van der Waals surface area contributed by atoms with Gasteiger partial charge in [0, 0.05) is 17.9 Å². The molecule has 0 spiro atoms. The molecule has 168 valence electrons. The van der Waals surface area contributed by atoms with Crippen molar-refractivity contribution in [2.24, 2.45) is 0 Å². The van der Waals surface area contributed by atoms with Gasteiger partial charge in [-0.05, 0) is 49.7 Å². The molecule has 1 atom stereocenters. The molecule has 1 aliphatic heterocycles. The maximum Gasteiger partial charge on any atom is 0.265 e. The van der Waals surface area contributed by atoms with Crippen molar-refractivity contribution in [3.8, 4) is 11.4 Å². The molecular weight excluding hydrogens is 438 g/mol. The SMILES string of the molecule is CCOc1ccc(NC(=O)CC2CSc3nc4c(cnn4-c4ccccc4C)c(=O)n32)cc1. The third-order valence-electron chi connectivity index (χ3n) is 5.58. The molecule has 0 fully saturated rings. The third kappa shape index (κ3) is 4.00. The van der Waals surface area contributed by atoms with E-state index in [2.05, 4.69) is 10.4 Å². The highest BCUT2D eigenvalue weighted by Gasteiger charge is 2.29. The summed E-state index contributed by atoms with van der Waals surface area (Å²) in [5, 5.41) is 8.39. The fourth-order valence-corrected chi connectivity index (χ4v) is 5.12. The monoisotopic (exact) mass is 461 g/mol. The molecule has 1 unspecified atom stereocenters. The van der Waals surface area contributed by atoms with Crippen molar-refractivity contribution in [3.63, 3.8) is 0 Å². The molecule has 9 heteroatoms. The Morgan fingerprint density at radius 2 is 2.00 bits per heavy atom. The smallest absolute Gasteiger partial charge is 0.265 e. The second kappa shape index (κ2) is 8.74. The fourth-order valence-electron chi connectivity index (χ4n) is 3.99. The number of nitrogens with zero attached hydrogens (tertiary/aromatic N) is 4. The Morgan fingerprint density at radius 1 is 1.21 bits per heavy atom. The molecule has 1 N–H and O–H groups in total. The number of aromatic nitrogens is 4. The largest absolute Gasteiger partial charge is 0.494 e. The van der Waals surface area contributed by atoms with Crippen molar-refractivity contribution in [2.75, 3.05) is 17.7 Å². The van der Waals surface area contributed by atoms with E-state index in [1.54, 1.807) is 27.6 Å². The molecule has 3 heterocycles. The molecule has 2 aromatic carbocycles. The lowest BCUT2D eigenvalue weighted by atomic mass is 10.2. The molecule has 0 saturated carbocycles. The van der Waals surface area contributed by atoms with Gasteiger partial charge in [0.05, 0.1) is 24.5 Å². The van der Waals surface area contributed by atoms with Crippen LogP contribution in [-0.2, 0) is 4.79 Å². The lowest BCUT2D eigenvalue weighted by Crippen LogP contribution is -2.27. The van der Waals surface area contributed by atoms with Crippen LogP contribution in [0.1, 0.15) is 24.9 Å². The standard InChI is InChI=1S/C24H23N5O3S/c1-3-32-18-10-8-16(9-11-18)26-21(30)12-17-14-33-24-27-22-19(23(31)28(17)24)13-25-29(22)20-7-5-4-6-15(20)2/h4-11,13,17H,3,12,14H2,1-2H3,(H,26,30). The van der Waals surface area contributed by atoms with Crippen LogP contribution in [0.25, 0.3) is 16.7 Å². The zero-order chi connectivity index (χ0) is 22.9. The first-order chi connectivity index (χ1) is 16.0. The number of para-hydroxylation sites is 1. The van der Waals surface area contributed by atoms with Gasteiger partial charge in [-0.25, -0.2) is 9.67 Å². The summed E-state index contributed by atoms with van der Waals surface area (Å²) in [7, 11) is 0. The first kappa shape index (κ1) is 21.3. The zero-order valence-corrected chi connectivity index (χ0v) is 19.1. The minimum Gasteiger partial charge on any atom is -0.494 e. The van der Waals surface area contributed by atoms with E-state index in [-0.39, 0.29) is 23.9 Å². The van der Waals surface area contributed by atoms with Crippen LogP contribution in [0.2, 0.25) is 0 Å². The number of amides is 1. The summed E-state index contributed by atoms with van der Waals surface area (Å²) in [5.74, 6) is 1.22. The number of carbonyl (C=O) groups is 1. The number of rotatable bonds is 6. The maximum absolute atomic E-state index is 13.3. The normalized spacial score (nSPS) is 14.9. The molecule has 8 nitrogen and oxygen atoms in total. The van der Waals surface area contributed by atoms with E-state index in [0.29, 0.717) is 34.2 Å². The predicted molar refractivity (Wildman–Crippen MR) is 128 cm³/mol. The zero-order valence-electron chi connectivity index (χ0n) is 18.3. The Balaban J connectivity index is 1.39. The number of carbonyl (C=O) groups excluding carboxylic acids is 1. The van der Waals surface area contributed by atoms with E-state index in [0.717, 1.165) is 17.0 Å². The minimum absolute atomic E-state index is 0.153. The van der Waals surface area contributed by atoms with Crippen LogP contribution in [0.3, 0.4) is 0 Å². The summed E-state index contributed by atoms with van der Waals surface area (Å²) in [5.41, 5.74) is 2.99. The summed E-state index contributed by atoms with van der Waals surface area (Å²) in [4.78, 5) is 30.7. The van der Waals surface area contributed by atoms with Gasteiger partial charge >= 0.3 is 0 Å². The average molecular weight is 462 g/mol. The van der Waals surface area contributed by atoms with Crippen LogP contribution < -0.4 is 15.6 Å². The number of ether oxygens (including phenoxy) is 1. The van der Waals surface area contributed by atoms with Crippen LogP contribution >= 0.6 is 11.8 Å². The molecule has 5 rings (SSSR count). The maximum atomic E-state index is 13.3. The van der Waals surface area contributed by atoms with E-state index in [9.17, 15) is 9.59 Å². The predicted octanol–water partition coefficient (Wildman–Crippen LogP) is 3.96. The van der Waals surface area contributed by atoms with Crippen LogP contribution in [0, 0.1) is 6.92 Å². The number of benzene rings is 2. The Labute approximate surface area is 194 Å². The minimum atomic E-state index is -0.265. The number of fused-ring (bicyclic) bond motifs is 2. The quantitative estimate of drug-likeness (QED) is 0.437. The molecule has 4 aromatic rings. The van der Waals surface area contributed by atoms with Crippen molar-refractivity contribution in [1.29, 1.82) is 0 Å². The number of aryl methyl sites for hydroxylation is 1. The van der Waals surface area contributed by atoms with Crippen molar-refractivity contribution < 1.29 is 9.53 Å². The number of hydrogen-bond acceptors (Lipinski definition) is 6. The first-order valence-electron chi connectivity index (χ1n) is 10.8. The van der Waals surface area contributed by atoms with Gasteiger partial charge < -0.3 is 10.1 Å². The molecule has 0 aliphatic carbocycles. The van der Waals surface area contributed by atoms with Gasteiger partial charge in [0.1, 0.15) is 11.1 Å². The van der Waals surface area contributed by atoms with Gasteiger partial charge in [-0.15, -0.1) is 0 Å². The molecule has 1 amide bonds. The highest BCUT2D eigenvalue weighted by Crippen LogP contribution is 2.33. The van der Waals surface area contributed by atoms with Gasteiger partial charge in [-0.1, -0.05) is 30.0 Å².